The van der Waals surface area contributed by atoms with Crippen molar-refractivity contribution in [2.45, 2.75) is 6.42 Å². The Balaban J connectivity index is 2.12. The minimum atomic E-state index is -0.117. The lowest BCUT2D eigenvalue weighted by atomic mass is 10.1. The van der Waals surface area contributed by atoms with Crippen LogP contribution in [0.2, 0.25) is 0 Å². The van der Waals surface area contributed by atoms with Crippen LogP contribution in [0.4, 0.5) is 0 Å². The molecule has 4 nitrogen and oxygen atoms in total. The molecule has 1 aliphatic heterocycles. The molecular weight excluding hydrogens is 286 g/mol. The molecule has 0 unspecified atom stereocenters. The van der Waals surface area contributed by atoms with Crippen molar-refractivity contribution in [3.8, 4) is 11.5 Å². The number of halogens is 1. The van der Waals surface area contributed by atoms with Gasteiger partial charge in [-0.05, 0) is 18.6 Å². The summed E-state index contributed by atoms with van der Waals surface area (Å²) < 4.78 is 10.9. The molecule has 17 heavy (non-hydrogen) atoms. The molecule has 0 spiro atoms. The molecule has 0 bridgehead atoms. The molecule has 0 saturated carbocycles. The third-order valence-electron chi connectivity index (χ3n) is 2.41. The minimum Gasteiger partial charge on any atom is -0.486 e. The molecule has 5 heteroatoms. The second-order valence-corrected chi connectivity index (χ2v) is 4.42. The third-order valence-corrected chi connectivity index (χ3v) is 2.97. The molecule has 1 aromatic carbocycles. The van der Waals surface area contributed by atoms with Crippen LogP contribution in [0.15, 0.2) is 18.2 Å². The van der Waals surface area contributed by atoms with Crippen molar-refractivity contribution in [1.29, 1.82) is 0 Å². The SMILES string of the molecule is O=C(NCCCBr)c1cccc2c1OCCO2. The molecule has 0 saturated heterocycles. The van der Waals surface area contributed by atoms with Crippen LogP contribution in [0.3, 0.4) is 0 Å². The monoisotopic (exact) mass is 299 g/mol. The normalized spacial score (nSPS) is 13.2. The van der Waals surface area contributed by atoms with E-state index in [0.717, 1.165) is 11.8 Å². The Kier molecular flexibility index (Phi) is 4.25. The molecule has 0 aliphatic carbocycles. The number of rotatable bonds is 4. The van der Waals surface area contributed by atoms with Crippen LogP contribution >= 0.6 is 15.9 Å². The predicted molar refractivity (Wildman–Crippen MR) is 68.2 cm³/mol. The number of benzene rings is 1. The van der Waals surface area contributed by atoms with Gasteiger partial charge in [-0.3, -0.25) is 4.79 Å². The van der Waals surface area contributed by atoms with E-state index in [1.54, 1.807) is 12.1 Å². The van der Waals surface area contributed by atoms with E-state index < -0.39 is 0 Å². The fraction of sp³-hybridized carbons (Fsp3) is 0.417. The van der Waals surface area contributed by atoms with Crippen molar-refractivity contribution >= 4 is 21.8 Å². The Morgan fingerprint density at radius 1 is 1.35 bits per heavy atom. The zero-order valence-electron chi connectivity index (χ0n) is 9.37. The molecule has 1 amide bonds. The van der Waals surface area contributed by atoms with Gasteiger partial charge in [-0.2, -0.15) is 0 Å². The lowest BCUT2D eigenvalue weighted by Gasteiger charge is -2.20. The average Bonchev–Trinajstić information content (AvgIpc) is 2.38. The molecule has 0 radical (unpaired) electrons. The summed E-state index contributed by atoms with van der Waals surface area (Å²) in [5.41, 5.74) is 0.539. The lowest BCUT2D eigenvalue weighted by molar-refractivity contribution is 0.0942. The molecular formula is C12H14BrNO3. The number of para-hydroxylation sites is 1. The maximum Gasteiger partial charge on any atom is 0.255 e. The summed E-state index contributed by atoms with van der Waals surface area (Å²) in [7, 11) is 0. The van der Waals surface area contributed by atoms with Crippen LogP contribution in [0.25, 0.3) is 0 Å². The summed E-state index contributed by atoms with van der Waals surface area (Å²) >= 11 is 3.32. The third kappa shape index (κ3) is 2.91. The predicted octanol–water partition coefficient (Wildman–Crippen LogP) is 1.97. The van der Waals surface area contributed by atoms with E-state index in [1.165, 1.54) is 0 Å². The van der Waals surface area contributed by atoms with Gasteiger partial charge in [0.2, 0.25) is 0 Å². The first-order chi connectivity index (χ1) is 8.33. The maximum absolute atomic E-state index is 11.9. The molecule has 1 heterocycles. The Labute approximate surface area is 108 Å². The Morgan fingerprint density at radius 2 is 2.18 bits per heavy atom. The highest BCUT2D eigenvalue weighted by atomic mass is 79.9. The van der Waals surface area contributed by atoms with Gasteiger partial charge < -0.3 is 14.8 Å². The van der Waals surface area contributed by atoms with Crippen molar-refractivity contribution in [3.63, 3.8) is 0 Å². The van der Waals surface area contributed by atoms with E-state index in [9.17, 15) is 4.79 Å². The van der Waals surface area contributed by atoms with Crippen molar-refractivity contribution in [1.82, 2.24) is 5.32 Å². The summed E-state index contributed by atoms with van der Waals surface area (Å²) in [6.45, 7) is 1.66. The summed E-state index contributed by atoms with van der Waals surface area (Å²) in [6, 6.07) is 5.35. The first-order valence-electron chi connectivity index (χ1n) is 5.55. The summed E-state index contributed by atoms with van der Waals surface area (Å²) in [6.07, 6.45) is 0.901. The highest BCUT2D eigenvalue weighted by Crippen LogP contribution is 2.33. The maximum atomic E-state index is 11.9. The second-order valence-electron chi connectivity index (χ2n) is 3.63. The van der Waals surface area contributed by atoms with E-state index in [4.69, 9.17) is 9.47 Å². The summed E-state index contributed by atoms with van der Waals surface area (Å²) in [5, 5.41) is 3.72. The zero-order valence-corrected chi connectivity index (χ0v) is 11.0. The first-order valence-corrected chi connectivity index (χ1v) is 6.68. The topological polar surface area (TPSA) is 47.6 Å². The summed E-state index contributed by atoms with van der Waals surface area (Å²) in [5.74, 6) is 1.08. The minimum absolute atomic E-state index is 0.117. The van der Waals surface area contributed by atoms with E-state index in [0.29, 0.717) is 36.8 Å². The van der Waals surface area contributed by atoms with E-state index in [-0.39, 0.29) is 5.91 Å². The lowest BCUT2D eigenvalue weighted by Crippen LogP contribution is -2.26. The number of fused-ring (bicyclic) bond motifs is 1. The zero-order chi connectivity index (χ0) is 12.1. The van der Waals surface area contributed by atoms with Crippen LogP contribution in [0, 0.1) is 0 Å². The molecule has 1 aromatic rings. The molecule has 0 atom stereocenters. The number of hydrogen-bond donors (Lipinski definition) is 1. The second kappa shape index (κ2) is 5.91. The van der Waals surface area contributed by atoms with E-state index >= 15 is 0 Å². The average molecular weight is 300 g/mol. The van der Waals surface area contributed by atoms with E-state index in [2.05, 4.69) is 21.2 Å². The molecule has 2 rings (SSSR count). The number of ether oxygens (including phenoxy) is 2. The van der Waals surface area contributed by atoms with Crippen LogP contribution in [-0.4, -0.2) is 31.0 Å². The summed E-state index contributed by atoms with van der Waals surface area (Å²) in [4.78, 5) is 11.9. The van der Waals surface area contributed by atoms with Crippen molar-refractivity contribution in [3.05, 3.63) is 23.8 Å². The Hall–Kier alpha value is -1.23. The van der Waals surface area contributed by atoms with Crippen LogP contribution in [0.1, 0.15) is 16.8 Å². The molecule has 1 aliphatic rings. The van der Waals surface area contributed by atoms with E-state index in [1.807, 2.05) is 6.07 Å². The number of carbonyl (C=O) groups is 1. The standard InChI is InChI=1S/C12H14BrNO3/c13-5-2-6-14-12(15)9-3-1-4-10-11(9)17-8-7-16-10/h1,3-4H,2,5-8H2,(H,14,15). The van der Waals surface area contributed by atoms with Crippen molar-refractivity contribution in [2.24, 2.45) is 0 Å². The Morgan fingerprint density at radius 3 is 3.00 bits per heavy atom. The molecule has 0 fully saturated rings. The van der Waals surface area contributed by atoms with Crippen LogP contribution in [0.5, 0.6) is 11.5 Å². The van der Waals surface area contributed by atoms with Gasteiger partial charge in [-0.15, -0.1) is 0 Å². The fourth-order valence-electron chi connectivity index (χ4n) is 1.62. The largest absolute Gasteiger partial charge is 0.486 e. The van der Waals surface area contributed by atoms with Crippen LogP contribution < -0.4 is 14.8 Å². The van der Waals surface area contributed by atoms with Gasteiger partial charge in [0.25, 0.3) is 5.91 Å². The number of alkyl halides is 1. The fourth-order valence-corrected chi connectivity index (χ4v) is 1.90. The number of nitrogens with one attached hydrogen (secondary N) is 1. The number of hydrogen-bond acceptors (Lipinski definition) is 3. The highest BCUT2D eigenvalue weighted by molar-refractivity contribution is 9.09. The Bertz CT molecular complexity index is 409. The quantitative estimate of drug-likeness (QED) is 0.683. The van der Waals surface area contributed by atoms with Gasteiger partial charge in [-0.25, -0.2) is 0 Å². The molecule has 0 aromatic heterocycles. The molecule has 92 valence electrons. The van der Waals surface area contributed by atoms with Crippen molar-refractivity contribution in [2.75, 3.05) is 25.1 Å². The molecule has 1 N–H and O–H groups in total. The first kappa shape index (κ1) is 12.2. The van der Waals surface area contributed by atoms with Gasteiger partial charge >= 0.3 is 0 Å². The van der Waals surface area contributed by atoms with Crippen LogP contribution in [-0.2, 0) is 0 Å². The van der Waals surface area contributed by atoms with Crippen molar-refractivity contribution < 1.29 is 14.3 Å². The van der Waals surface area contributed by atoms with Gasteiger partial charge in [0, 0.05) is 11.9 Å². The smallest absolute Gasteiger partial charge is 0.255 e. The van der Waals surface area contributed by atoms with Gasteiger partial charge in [0.05, 0.1) is 5.56 Å². The van der Waals surface area contributed by atoms with Gasteiger partial charge in [0.1, 0.15) is 13.2 Å². The van der Waals surface area contributed by atoms with Gasteiger partial charge in [0.15, 0.2) is 11.5 Å². The highest BCUT2D eigenvalue weighted by Gasteiger charge is 2.19. The number of carbonyl (C=O) groups excluding carboxylic acids is 1. The number of amides is 1. The van der Waals surface area contributed by atoms with Gasteiger partial charge in [-0.1, -0.05) is 22.0 Å².